The van der Waals surface area contributed by atoms with Crippen molar-refractivity contribution < 1.29 is 18.0 Å². The first-order chi connectivity index (χ1) is 12.8. The second-order valence-corrected chi connectivity index (χ2v) is 6.24. The number of nitrogens with zero attached hydrogens (tertiary/aromatic N) is 4. The molecule has 27 heavy (non-hydrogen) atoms. The molecule has 3 rings (SSSR count). The Morgan fingerprint density at radius 2 is 2.04 bits per heavy atom. The number of amides is 1. The number of aromatic nitrogens is 4. The molecular weight excluding hydrogens is 383 g/mol. The van der Waals surface area contributed by atoms with Gasteiger partial charge in [0, 0.05) is 11.2 Å². The highest BCUT2D eigenvalue weighted by Gasteiger charge is 2.21. The van der Waals surface area contributed by atoms with Crippen molar-refractivity contribution >= 4 is 23.2 Å². The summed E-state index contributed by atoms with van der Waals surface area (Å²) in [5.74, 6) is -1.17. The number of hydrogen-bond donors (Lipinski definition) is 1. The van der Waals surface area contributed by atoms with Crippen LogP contribution in [0.1, 0.15) is 34.0 Å². The predicted molar refractivity (Wildman–Crippen MR) is 93.6 cm³/mol. The summed E-state index contributed by atoms with van der Waals surface area (Å²) in [6.45, 7) is 0.732. The Hall–Kier alpha value is -2.81. The van der Waals surface area contributed by atoms with E-state index in [-0.39, 0.29) is 17.3 Å². The summed E-state index contributed by atoms with van der Waals surface area (Å²) in [5, 5.41) is 10.6. The summed E-state index contributed by atoms with van der Waals surface area (Å²) in [5.41, 5.74) is 1.89. The molecule has 2 aromatic heterocycles. The minimum absolute atomic E-state index is 0.258. The van der Waals surface area contributed by atoms with Crippen LogP contribution in [-0.4, -0.2) is 25.5 Å². The van der Waals surface area contributed by atoms with Crippen molar-refractivity contribution in [1.82, 2.24) is 19.6 Å². The highest BCUT2D eigenvalue weighted by molar-refractivity contribution is 6.31. The largest absolute Gasteiger partial charge is 0.333 e. The Labute approximate surface area is 157 Å². The van der Waals surface area contributed by atoms with Crippen LogP contribution in [0.5, 0.6) is 0 Å². The summed E-state index contributed by atoms with van der Waals surface area (Å²) in [6, 6.07) is 5.25. The van der Waals surface area contributed by atoms with Crippen LogP contribution < -0.4 is 5.32 Å². The van der Waals surface area contributed by atoms with E-state index in [1.54, 1.807) is 24.6 Å². The molecule has 10 heteroatoms. The average molecular weight is 398 g/mol. The first-order valence-corrected chi connectivity index (χ1v) is 8.26. The summed E-state index contributed by atoms with van der Waals surface area (Å²) >= 11 is 6.05. The smallest absolute Gasteiger partial charge is 0.317 e. The lowest BCUT2D eigenvalue weighted by Crippen LogP contribution is -2.19. The number of anilines is 1. The van der Waals surface area contributed by atoms with Crippen molar-refractivity contribution in [2.75, 3.05) is 5.32 Å². The van der Waals surface area contributed by atoms with Gasteiger partial charge in [0.2, 0.25) is 0 Å². The van der Waals surface area contributed by atoms with E-state index < -0.39 is 18.3 Å². The number of aryl methyl sites for hydroxylation is 1. The number of alkyl halides is 2. The van der Waals surface area contributed by atoms with Crippen LogP contribution in [0.25, 0.3) is 0 Å². The number of nitrogens with one attached hydrogen (secondary N) is 1. The predicted octanol–water partition coefficient (Wildman–Crippen LogP) is 4.18. The number of benzene rings is 1. The Balaban J connectivity index is 1.85. The number of rotatable bonds is 5. The van der Waals surface area contributed by atoms with Gasteiger partial charge in [0.25, 0.3) is 5.91 Å². The van der Waals surface area contributed by atoms with Crippen molar-refractivity contribution in [3.8, 4) is 0 Å². The lowest BCUT2D eigenvalue weighted by molar-refractivity contribution is 0.0520. The molecule has 1 N–H and O–H groups in total. The van der Waals surface area contributed by atoms with Crippen LogP contribution in [0.2, 0.25) is 5.02 Å². The summed E-state index contributed by atoms with van der Waals surface area (Å²) in [7, 11) is 0. The van der Waals surface area contributed by atoms with E-state index in [4.69, 9.17) is 11.6 Å². The fourth-order valence-corrected chi connectivity index (χ4v) is 2.90. The third-order valence-corrected chi connectivity index (χ3v) is 4.39. The summed E-state index contributed by atoms with van der Waals surface area (Å²) in [6.07, 6.45) is 1.13. The highest BCUT2D eigenvalue weighted by atomic mass is 35.5. The molecule has 0 unspecified atom stereocenters. The van der Waals surface area contributed by atoms with Gasteiger partial charge in [0.1, 0.15) is 11.5 Å². The molecule has 0 saturated carbocycles. The lowest BCUT2D eigenvalue weighted by atomic mass is 10.2. The first kappa shape index (κ1) is 19.0. The maximum absolute atomic E-state index is 13.2. The molecule has 0 fully saturated rings. The molecule has 2 heterocycles. The zero-order valence-corrected chi connectivity index (χ0v) is 15.1. The molecule has 142 valence electrons. The molecule has 0 spiro atoms. The van der Waals surface area contributed by atoms with E-state index in [1.807, 2.05) is 0 Å². The maximum Gasteiger partial charge on any atom is 0.333 e. The van der Waals surface area contributed by atoms with E-state index in [9.17, 15) is 18.0 Å². The summed E-state index contributed by atoms with van der Waals surface area (Å²) < 4.78 is 40.9. The normalized spacial score (nSPS) is 11.2. The third-order valence-electron chi connectivity index (χ3n) is 4.04. The standard InChI is InChI=1S/C17H15ClF3N5O/c1-9-15(23-16(27)14-5-6-22-26(14)17(20)21)10(2)25(24-9)8-11-3-4-12(19)7-13(11)18/h3-7,17H,8H2,1-2H3,(H,23,27). The van der Waals surface area contributed by atoms with Gasteiger partial charge >= 0.3 is 6.55 Å². The molecule has 3 aromatic rings. The van der Waals surface area contributed by atoms with Gasteiger partial charge in [0.05, 0.1) is 23.6 Å². The van der Waals surface area contributed by atoms with Crippen molar-refractivity contribution in [2.45, 2.75) is 26.9 Å². The van der Waals surface area contributed by atoms with Crippen molar-refractivity contribution in [1.29, 1.82) is 0 Å². The van der Waals surface area contributed by atoms with Gasteiger partial charge in [-0.2, -0.15) is 23.7 Å². The molecule has 0 aliphatic rings. The molecule has 0 radical (unpaired) electrons. The number of halogens is 4. The monoisotopic (exact) mass is 397 g/mol. The van der Waals surface area contributed by atoms with E-state index >= 15 is 0 Å². The second kappa shape index (κ2) is 7.43. The SMILES string of the molecule is Cc1nn(Cc2ccc(F)cc2Cl)c(C)c1NC(=O)c1ccnn1C(F)F. The average Bonchev–Trinajstić information content (AvgIpc) is 3.18. The molecule has 1 amide bonds. The third kappa shape index (κ3) is 3.82. The minimum Gasteiger partial charge on any atom is -0.317 e. The topological polar surface area (TPSA) is 64.7 Å². The fourth-order valence-electron chi connectivity index (χ4n) is 2.67. The molecular formula is C17H15ClF3N5O. The van der Waals surface area contributed by atoms with Crippen molar-refractivity contribution in [3.05, 3.63) is 63.9 Å². The van der Waals surface area contributed by atoms with E-state index in [1.165, 1.54) is 18.2 Å². The molecule has 0 saturated heterocycles. The van der Waals surface area contributed by atoms with Gasteiger partial charge in [-0.05, 0) is 37.6 Å². The van der Waals surface area contributed by atoms with Crippen LogP contribution >= 0.6 is 11.6 Å². The Bertz CT molecular complexity index is 999. The Morgan fingerprint density at radius 3 is 2.70 bits per heavy atom. The second-order valence-electron chi connectivity index (χ2n) is 5.83. The van der Waals surface area contributed by atoms with Gasteiger partial charge in [-0.15, -0.1) is 0 Å². The van der Waals surface area contributed by atoms with Gasteiger partial charge < -0.3 is 5.32 Å². The zero-order valence-electron chi connectivity index (χ0n) is 14.4. The molecule has 0 bridgehead atoms. The minimum atomic E-state index is -2.92. The van der Waals surface area contributed by atoms with E-state index in [0.29, 0.717) is 27.3 Å². The lowest BCUT2D eigenvalue weighted by Gasteiger charge is -2.09. The molecule has 0 atom stereocenters. The van der Waals surface area contributed by atoms with E-state index in [0.717, 1.165) is 6.20 Å². The van der Waals surface area contributed by atoms with Crippen LogP contribution in [-0.2, 0) is 6.54 Å². The van der Waals surface area contributed by atoms with Gasteiger partial charge in [-0.25, -0.2) is 4.39 Å². The molecule has 6 nitrogen and oxygen atoms in total. The Morgan fingerprint density at radius 1 is 1.30 bits per heavy atom. The van der Waals surface area contributed by atoms with Crippen molar-refractivity contribution in [2.24, 2.45) is 0 Å². The first-order valence-electron chi connectivity index (χ1n) is 7.89. The highest BCUT2D eigenvalue weighted by Crippen LogP contribution is 2.24. The molecule has 1 aromatic carbocycles. The van der Waals surface area contributed by atoms with E-state index in [2.05, 4.69) is 15.5 Å². The Kier molecular flexibility index (Phi) is 5.22. The van der Waals surface area contributed by atoms with Crippen LogP contribution in [0, 0.1) is 19.7 Å². The van der Waals surface area contributed by atoms with Crippen LogP contribution in [0.3, 0.4) is 0 Å². The number of carbonyl (C=O) groups is 1. The number of carbonyl (C=O) groups excluding carboxylic acids is 1. The number of hydrogen-bond acceptors (Lipinski definition) is 3. The summed E-state index contributed by atoms with van der Waals surface area (Å²) in [4.78, 5) is 12.4. The molecule has 0 aliphatic carbocycles. The van der Waals surface area contributed by atoms with Gasteiger partial charge in [0.15, 0.2) is 0 Å². The maximum atomic E-state index is 13.2. The van der Waals surface area contributed by atoms with Crippen molar-refractivity contribution in [3.63, 3.8) is 0 Å². The zero-order chi connectivity index (χ0) is 19.7. The van der Waals surface area contributed by atoms with Gasteiger partial charge in [-0.1, -0.05) is 17.7 Å². The van der Waals surface area contributed by atoms with Crippen LogP contribution in [0.15, 0.2) is 30.5 Å². The molecule has 0 aliphatic heterocycles. The van der Waals surface area contributed by atoms with Crippen LogP contribution in [0.4, 0.5) is 18.9 Å². The van der Waals surface area contributed by atoms with Gasteiger partial charge in [-0.3, -0.25) is 9.48 Å². The fraction of sp³-hybridized carbons (Fsp3) is 0.235. The quantitative estimate of drug-likeness (QED) is 0.702.